The molecule has 16 heavy (non-hydrogen) atoms. The summed E-state index contributed by atoms with van der Waals surface area (Å²) < 4.78 is 10.2. The van der Waals surface area contributed by atoms with Crippen LogP contribution in [0.4, 0.5) is 0 Å². The zero-order valence-electron chi connectivity index (χ0n) is 11.1. The van der Waals surface area contributed by atoms with Gasteiger partial charge >= 0.3 is 0 Å². The fourth-order valence-electron chi connectivity index (χ4n) is 1.79. The number of nitrogens with two attached hydrogens (primary N) is 1. The third-order valence-corrected chi connectivity index (χ3v) is 2.77. The van der Waals surface area contributed by atoms with E-state index in [0.717, 1.165) is 39.4 Å². The van der Waals surface area contributed by atoms with Gasteiger partial charge in [-0.1, -0.05) is 13.3 Å². The molecule has 0 bridgehead atoms. The second-order valence-electron chi connectivity index (χ2n) is 4.18. The Hall–Kier alpha value is -0.160. The molecule has 0 heterocycles. The summed E-state index contributed by atoms with van der Waals surface area (Å²) in [6, 6.07) is 0. The Balaban J connectivity index is 3.94. The highest BCUT2D eigenvalue weighted by molar-refractivity contribution is 4.66. The van der Waals surface area contributed by atoms with Crippen molar-refractivity contribution in [3.63, 3.8) is 0 Å². The van der Waals surface area contributed by atoms with Crippen LogP contribution in [-0.2, 0) is 9.47 Å². The Morgan fingerprint density at radius 2 is 1.69 bits per heavy atom. The van der Waals surface area contributed by atoms with Crippen molar-refractivity contribution in [2.24, 2.45) is 11.7 Å². The minimum atomic E-state index is 0.596. The number of ether oxygens (including phenoxy) is 2. The maximum absolute atomic E-state index is 5.78. The number of rotatable bonds is 11. The first-order valence-electron chi connectivity index (χ1n) is 6.18. The van der Waals surface area contributed by atoms with E-state index in [2.05, 4.69) is 11.8 Å². The van der Waals surface area contributed by atoms with E-state index in [-0.39, 0.29) is 0 Å². The van der Waals surface area contributed by atoms with Crippen LogP contribution in [-0.4, -0.2) is 58.5 Å². The lowest BCUT2D eigenvalue weighted by atomic mass is 10.0. The van der Waals surface area contributed by atoms with E-state index in [1.54, 1.807) is 14.2 Å². The fraction of sp³-hybridized carbons (Fsp3) is 1.00. The zero-order chi connectivity index (χ0) is 12.2. The van der Waals surface area contributed by atoms with Gasteiger partial charge in [0.1, 0.15) is 0 Å². The Bertz CT molecular complexity index is 137. The molecule has 0 saturated carbocycles. The van der Waals surface area contributed by atoms with Crippen LogP contribution < -0.4 is 5.73 Å². The third kappa shape index (κ3) is 8.05. The van der Waals surface area contributed by atoms with Crippen LogP contribution in [0.1, 0.15) is 19.8 Å². The maximum atomic E-state index is 5.78. The highest BCUT2D eigenvalue weighted by atomic mass is 16.5. The monoisotopic (exact) mass is 232 g/mol. The molecule has 0 saturated heterocycles. The summed E-state index contributed by atoms with van der Waals surface area (Å²) in [5.41, 5.74) is 5.78. The van der Waals surface area contributed by atoms with Crippen LogP contribution in [0.2, 0.25) is 0 Å². The van der Waals surface area contributed by atoms with Gasteiger partial charge in [0.25, 0.3) is 0 Å². The second-order valence-corrected chi connectivity index (χ2v) is 4.18. The average Bonchev–Trinajstić information content (AvgIpc) is 2.31. The second kappa shape index (κ2) is 11.3. The van der Waals surface area contributed by atoms with Gasteiger partial charge in [0.2, 0.25) is 0 Å². The van der Waals surface area contributed by atoms with Gasteiger partial charge in [-0.05, 0) is 18.9 Å². The van der Waals surface area contributed by atoms with Crippen molar-refractivity contribution in [3.05, 3.63) is 0 Å². The highest BCUT2D eigenvalue weighted by Crippen LogP contribution is 2.07. The molecule has 0 amide bonds. The summed E-state index contributed by atoms with van der Waals surface area (Å²) in [6.45, 7) is 7.49. The quantitative estimate of drug-likeness (QED) is 0.576. The maximum Gasteiger partial charge on any atom is 0.0589 e. The molecule has 1 atom stereocenters. The summed E-state index contributed by atoms with van der Waals surface area (Å²) in [6.07, 6.45) is 2.40. The first-order valence-corrected chi connectivity index (χ1v) is 6.18. The number of hydrogen-bond acceptors (Lipinski definition) is 4. The summed E-state index contributed by atoms with van der Waals surface area (Å²) >= 11 is 0. The topological polar surface area (TPSA) is 47.7 Å². The van der Waals surface area contributed by atoms with E-state index in [0.29, 0.717) is 5.92 Å². The largest absolute Gasteiger partial charge is 0.383 e. The van der Waals surface area contributed by atoms with Crippen LogP contribution in [0.25, 0.3) is 0 Å². The summed E-state index contributed by atoms with van der Waals surface area (Å²) in [5.74, 6) is 0.596. The molecule has 4 nitrogen and oxygen atoms in total. The molecule has 0 aromatic carbocycles. The van der Waals surface area contributed by atoms with Gasteiger partial charge in [0.05, 0.1) is 13.2 Å². The molecule has 0 spiro atoms. The Morgan fingerprint density at radius 1 is 1.12 bits per heavy atom. The van der Waals surface area contributed by atoms with Gasteiger partial charge in [0.15, 0.2) is 0 Å². The molecule has 0 aromatic rings. The molecule has 0 fully saturated rings. The minimum absolute atomic E-state index is 0.596. The van der Waals surface area contributed by atoms with Crippen molar-refractivity contribution in [3.8, 4) is 0 Å². The fourth-order valence-corrected chi connectivity index (χ4v) is 1.79. The Morgan fingerprint density at radius 3 is 2.06 bits per heavy atom. The normalized spacial score (nSPS) is 13.3. The molecule has 98 valence electrons. The van der Waals surface area contributed by atoms with E-state index >= 15 is 0 Å². The van der Waals surface area contributed by atoms with Crippen LogP contribution in [0.3, 0.4) is 0 Å². The van der Waals surface area contributed by atoms with Crippen LogP contribution in [0, 0.1) is 5.92 Å². The van der Waals surface area contributed by atoms with Gasteiger partial charge in [-0.2, -0.15) is 0 Å². The molecule has 0 aromatic heterocycles. The van der Waals surface area contributed by atoms with Gasteiger partial charge in [0, 0.05) is 33.9 Å². The van der Waals surface area contributed by atoms with E-state index in [1.165, 1.54) is 12.8 Å². The third-order valence-electron chi connectivity index (χ3n) is 2.77. The molecule has 4 heteroatoms. The highest BCUT2D eigenvalue weighted by Gasteiger charge is 2.11. The number of methoxy groups -OCH3 is 2. The van der Waals surface area contributed by atoms with Gasteiger partial charge < -0.3 is 15.2 Å². The Kier molecular flexibility index (Phi) is 11.2. The SMILES string of the molecule is CCCC(CN)CN(CCOC)CCOC. The van der Waals surface area contributed by atoms with Crippen LogP contribution in [0.15, 0.2) is 0 Å². The van der Waals surface area contributed by atoms with Crippen molar-refractivity contribution in [2.45, 2.75) is 19.8 Å². The lowest BCUT2D eigenvalue weighted by Crippen LogP contribution is -2.37. The molecule has 0 radical (unpaired) electrons. The van der Waals surface area contributed by atoms with E-state index in [1.807, 2.05) is 0 Å². The first-order chi connectivity index (χ1) is 7.78. The van der Waals surface area contributed by atoms with Crippen LogP contribution in [0.5, 0.6) is 0 Å². The van der Waals surface area contributed by atoms with Crippen molar-refractivity contribution in [2.75, 3.05) is 53.6 Å². The smallest absolute Gasteiger partial charge is 0.0589 e. The molecule has 1 unspecified atom stereocenters. The van der Waals surface area contributed by atoms with Gasteiger partial charge in [-0.25, -0.2) is 0 Å². The molecule has 0 aliphatic carbocycles. The predicted molar refractivity (Wildman–Crippen MR) is 67.6 cm³/mol. The Labute approximate surface area is 100 Å². The standard InChI is InChI=1S/C12H28N2O2/c1-4-5-12(10-13)11-14(6-8-15-2)7-9-16-3/h12H,4-11,13H2,1-3H3. The molecule has 0 rings (SSSR count). The van der Waals surface area contributed by atoms with Crippen molar-refractivity contribution < 1.29 is 9.47 Å². The molecule has 0 aliphatic rings. The van der Waals surface area contributed by atoms with E-state index in [9.17, 15) is 0 Å². The summed E-state index contributed by atoms with van der Waals surface area (Å²) in [5, 5.41) is 0. The van der Waals surface area contributed by atoms with Crippen LogP contribution >= 0.6 is 0 Å². The van der Waals surface area contributed by atoms with Crippen molar-refractivity contribution in [1.29, 1.82) is 0 Å². The lowest BCUT2D eigenvalue weighted by Gasteiger charge is -2.26. The minimum Gasteiger partial charge on any atom is -0.383 e. The summed E-state index contributed by atoms with van der Waals surface area (Å²) in [4.78, 5) is 2.38. The van der Waals surface area contributed by atoms with Crippen molar-refractivity contribution >= 4 is 0 Å². The molecule has 0 aliphatic heterocycles. The van der Waals surface area contributed by atoms with E-state index < -0.39 is 0 Å². The van der Waals surface area contributed by atoms with E-state index in [4.69, 9.17) is 15.2 Å². The number of hydrogen-bond donors (Lipinski definition) is 1. The average molecular weight is 232 g/mol. The molecular weight excluding hydrogens is 204 g/mol. The predicted octanol–water partition coefficient (Wildman–Crippen LogP) is 0.956. The first kappa shape index (κ1) is 15.8. The van der Waals surface area contributed by atoms with Crippen molar-refractivity contribution in [1.82, 2.24) is 4.90 Å². The summed E-state index contributed by atoms with van der Waals surface area (Å²) in [7, 11) is 3.47. The zero-order valence-corrected chi connectivity index (χ0v) is 11.1. The molecular formula is C12H28N2O2. The number of nitrogens with zero attached hydrogens (tertiary/aromatic N) is 1. The molecule has 2 N–H and O–H groups in total. The van der Waals surface area contributed by atoms with Gasteiger partial charge in [-0.3, -0.25) is 4.90 Å². The van der Waals surface area contributed by atoms with Gasteiger partial charge in [-0.15, -0.1) is 0 Å². The lowest BCUT2D eigenvalue weighted by molar-refractivity contribution is 0.103.